The highest BCUT2D eigenvalue weighted by atomic mass is 32.1. The van der Waals surface area contributed by atoms with E-state index >= 15 is 0 Å². The first-order valence-electron chi connectivity index (χ1n) is 11.8. The van der Waals surface area contributed by atoms with Crippen molar-refractivity contribution >= 4 is 29.1 Å². The molecule has 0 radical (unpaired) electrons. The first-order chi connectivity index (χ1) is 16.6. The molecule has 1 aliphatic rings. The van der Waals surface area contributed by atoms with Gasteiger partial charge in [-0.15, -0.1) is 11.3 Å². The van der Waals surface area contributed by atoms with Crippen LogP contribution in [0.3, 0.4) is 0 Å². The van der Waals surface area contributed by atoms with E-state index in [1.54, 1.807) is 16.8 Å². The predicted molar refractivity (Wildman–Crippen MR) is 136 cm³/mol. The number of ketones is 1. The van der Waals surface area contributed by atoms with E-state index in [0.29, 0.717) is 18.6 Å². The maximum atomic E-state index is 13.4. The van der Waals surface area contributed by atoms with Crippen LogP contribution in [0.1, 0.15) is 32.3 Å². The smallest absolute Gasteiger partial charge is 0.409 e. The molecule has 1 fully saturated rings. The first-order valence-corrected chi connectivity index (χ1v) is 12.7. The number of Topliss-reactive ketones (excluding diaryl/α,β-unsaturated/α-hetero) is 1. The zero-order valence-corrected chi connectivity index (χ0v) is 21.6. The lowest BCUT2D eigenvalue weighted by Gasteiger charge is -2.30. The third kappa shape index (κ3) is 8.45. The van der Waals surface area contributed by atoms with E-state index in [0.717, 1.165) is 18.5 Å². The van der Waals surface area contributed by atoms with Crippen molar-refractivity contribution in [2.24, 2.45) is 5.41 Å². The number of carbonyl (C=O) groups excluding carboxylic acids is 3. The van der Waals surface area contributed by atoms with Crippen molar-refractivity contribution in [2.75, 3.05) is 27.2 Å². The largest absolute Gasteiger partial charge is 0.413 e. The molecule has 3 atom stereocenters. The van der Waals surface area contributed by atoms with Crippen LogP contribution in [0.15, 0.2) is 47.2 Å². The minimum Gasteiger partial charge on any atom is -0.409 e. The fraction of sp³-hybridized carbons (Fsp3) is 0.500. The van der Waals surface area contributed by atoms with Gasteiger partial charge in [0.1, 0.15) is 24.4 Å². The third-order valence-corrected chi connectivity index (χ3v) is 6.57. The molecule has 0 saturated carbocycles. The van der Waals surface area contributed by atoms with Crippen LogP contribution in [0.5, 0.6) is 5.75 Å². The number of hydrogen-bond acceptors (Lipinski definition) is 7. The number of hydrogen-bond donors (Lipinski definition) is 2. The number of benzene rings is 1. The molecule has 0 spiro atoms. The predicted octanol–water partition coefficient (Wildman–Crippen LogP) is 3.27. The van der Waals surface area contributed by atoms with Crippen LogP contribution in [0, 0.1) is 5.41 Å². The van der Waals surface area contributed by atoms with E-state index < -0.39 is 30.2 Å². The molecule has 2 heterocycles. The minimum absolute atomic E-state index is 0.0269. The summed E-state index contributed by atoms with van der Waals surface area (Å²) in [5, 5.41) is 9.08. The van der Waals surface area contributed by atoms with Gasteiger partial charge in [0.2, 0.25) is 5.91 Å². The Kier molecular flexibility index (Phi) is 9.42. The van der Waals surface area contributed by atoms with E-state index in [4.69, 9.17) is 9.47 Å². The van der Waals surface area contributed by atoms with Crippen LogP contribution in [0.25, 0.3) is 0 Å². The van der Waals surface area contributed by atoms with Crippen molar-refractivity contribution in [3.63, 3.8) is 0 Å². The molecule has 2 N–H and O–H groups in total. The summed E-state index contributed by atoms with van der Waals surface area (Å²) in [5.74, 6) is -0.171. The molecule has 2 unspecified atom stereocenters. The lowest BCUT2D eigenvalue weighted by atomic mass is 9.80. The summed E-state index contributed by atoms with van der Waals surface area (Å²) in [6.07, 6.45) is 0.579. The third-order valence-electron chi connectivity index (χ3n) is 5.91. The highest BCUT2D eigenvalue weighted by Gasteiger charge is 2.39. The molecule has 0 aliphatic carbocycles. The Hall–Kier alpha value is -2.75. The minimum atomic E-state index is -0.886. The first kappa shape index (κ1) is 26.8. The van der Waals surface area contributed by atoms with Gasteiger partial charge in [-0.3, -0.25) is 9.59 Å². The van der Waals surface area contributed by atoms with Crippen LogP contribution in [0.2, 0.25) is 0 Å². The molecule has 35 heavy (non-hydrogen) atoms. The van der Waals surface area contributed by atoms with Gasteiger partial charge in [-0.2, -0.15) is 0 Å². The van der Waals surface area contributed by atoms with Crippen LogP contribution in [-0.2, 0) is 20.7 Å². The number of rotatable bonds is 11. The van der Waals surface area contributed by atoms with Gasteiger partial charge < -0.3 is 25.0 Å². The Balaban J connectivity index is 1.72. The number of carbonyl (C=O) groups is 3. The van der Waals surface area contributed by atoms with E-state index in [1.807, 2.05) is 49.3 Å². The number of nitrogens with one attached hydrogen (secondary N) is 2. The second kappa shape index (κ2) is 12.3. The molecule has 1 aliphatic heterocycles. The van der Waals surface area contributed by atoms with Gasteiger partial charge in [0, 0.05) is 11.9 Å². The standard InChI is InChI=1S/C26H35N3O5S/c1-26(2,14-18-8-6-5-7-9-18)15-20(27-25(32)34-19-11-13-35-17-19)24(31)28-23-21(30)16-33-22(23)10-12-29(3)4/h5-9,11,13,17,20,22-23H,10,12,14-16H2,1-4H3,(H,27,32)(H,28,31)/t20-,22?,23?/m0/s1. The Morgan fingerprint density at radius 1 is 1.23 bits per heavy atom. The molecule has 190 valence electrons. The van der Waals surface area contributed by atoms with Crippen molar-refractivity contribution in [3.8, 4) is 5.75 Å². The lowest BCUT2D eigenvalue weighted by Crippen LogP contribution is -2.55. The summed E-state index contributed by atoms with van der Waals surface area (Å²) in [4.78, 5) is 40.5. The summed E-state index contributed by atoms with van der Waals surface area (Å²) in [5.41, 5.74) is 0.820. The van der Waals surface area contributed by atoms with E-state index in [2.05, 4.69) is 24.5 Å². The summed E-state index contributed by atoms with van der Waals surface area (Å²) >= 11 is 1.41. The molecule has 9 heteroatoms. The van der Waals surface area contributed by atoms with Crippen LogP contribution in [0.4, 0.5) is 4.79 Å². The van der Waals surface area contributed by atoms with Gasteiger partial charge in [0.25, 0.3) is 0 Å². The maximum absolute atomic E-state index is 13.4. The van der Waals surface area contributed by atoms with Crippen LogP contribution < -0.4 is 15.4 Å². The van der Waals surface area contributed by atoms with Crippen molar-refractivity contribution < 1.29 is 23.9 Å². The lowest BCUT2D eigenvalue weighted by molar-refractivity contribution is -0.128. The Morgan fingerprint density at radius 2 is 1.97 bits per heavy atom. The second-order valence-electron chi connectivity index (χ2n) is 9.97. The quantitative estimate of drug-likeness (QED) is 0.491. The van der Waals surface area contributed by atoms with Gasteiger partial charge in [-0.25, -0.2) is 4.79 Å². The fourth-order valence-electron chi connectivity index (χ4n) is 4.22. The zero-order valence-electron chi connectivity index (χ0n) is 20.8. The normalized spacial score (nSPS) is 18.9. The molecule has 1 saturated heterocycles. The topological polar surface area (TPSA) is 97.0 Å². The fourth-order valence-corrected chi connectivity index (χ4v) is 4.77. The van der Waals surface area contributed by atoms with Gasteiger partial charge >= 0.3 is 6.09 Å². The van der Waals surface area contributed by atoms with E-state index in [1.165, 1.54) is 11.3 Å². The molecular formula is C26H35N3O5S. The summed E-state index contributed by atoms with van der Waals surface area (Å²) in [7, 11) is 3.89. The maximum Gasteiger partial charge on any atom is 0.413 e. The molecule has 1 aromatic heterocycles. The van der Waals surface area contributed by atoms with E-state index in [-0.39, 0.29) is 17.8 Å². The van der Waals surface area contributed by atoms with Crippen molar-refractivity contribution in [1.82, 2.24) is 15.5 Å². The number of amides is 2. The second-order valence-corrected chi connectivity index (χ2v) is 10.8. The van der Waals surface area contributed by atoms with Crippen LogP contribution in [-0.4, -0.2) is 68.1 Å². The van der Waals surface area contributed by atoms with E-state index in [9.17, 15) is 14.4 Å². The summed E-state index contributed by atoms with van der Waals surface area (Å²) < 4.78 is 11.0. The number of thiophene rings is 1. The van der Waals surface area contributed by atoms with Gasteiger partial charge in [0.15, 0.2) is 5.78 Å². The molecule has 1 aromatic carbocycles. The molecule has 2 aromatic rings. The van der Waals surface area contributed by atoms with Gasteiger partial charge in [0.05, 0.1) is 6.10 Å². The Morgan fingerprint density at radius 3 is 2.63 bits per heavy atom. The number of nitrogens with zero attached hydrogens (tertiary/aromatic N) is 1. The Bertz CT molecular complexity index is 978. The van der Waals surface area contributed by atoms with Crippen molar-refractivity contribution in [2.45, 2.75) is 51.3 Å². The highest BCUT2D eigenvalue weighted by Crippen LogP contribution is 2.28. The van der Waals surface area contributed by atoms with Crippen LogP contribution >= 0.6 is 11.3 Å². The monoisotopic (exact) mass is 501 g/mol. The molecule has 0 bridgehead atoms. The summed E-state index contributed by atoms with van der Waals surface area (Å²) in [6, 6.07) is 10.1. The summed E-state index contributed by atoms with van der Waals surface area (Å²) in [6.45, 7) is 4.80. The Labute approximate surface area is 211 Å². The van der Waals surface area contributed by atoms with Crippen molar-refractivity contribution in [1.29, 1.82) is 0 Å². The van der Waals surface area contributed by atoms with Crippen molar-refractivity contribution in [3.05, 3.63) is 52.7 Å². The molecule has 3 rings (SSSR count). The SMILES string of the molecule is CN(C)CCC1OCC(=O)C1NC(=O)[C@H](CC(C)(C)Cc1ccccc1)NC(=O)Oc1ccsc1. The number of ether oxygens (including phenoxy) is 2. The highest BCUT2D eigenvalue weighted by molar-refractivity contribution is 7.08. The molecular weight excluding hydrogens is 466 g/mol. The van der Waals surface area contributed by atoms with Gasteiger partial charge in [-0.05, 0) is 55.8 Å². The molecule has 2 amide bonds. The molecule has 8 nitrogen and oxygen atoms in total. The average Bonchev–Trinajstić information content (AvgIpc) is 3.42. The zero-order chi connectivity index (χ0) is 25.4. The van der Waals surface area contributed by atoms with Gasteiger partial charge in [-0.1, -0.05) is 44.2 Å². The average molecular weight is 502 g/mol.